The van der Waals surface area contributed by atoms with Crippen molar-refractivity contribution >= 4 is 35.1 Å². The van der Waals surface area contributed by atoms with Gasteiger partial charge in [-0.3, -0.25) is 14.4 Å². The van der Waals surface area contributed by atoms with Gasteiger partial charge in [0, 0.05) is 19.8 Å². The second-order valence-corrected chi connectivity index (χ2v) is 8.05. The van der Waals surface area contributed by atoms with Gasteiger partial charge >= 0.3 is 11.9 Å². The summed E-state index contributed by atoms with van der Waals surface area (Å²) in [4.78, 5) is 47.0. The fraction of sp³-hybridized carbons (Fsp3) is 0.579. The van der Waals surface area contributed by atoms with E-state index in [1.54, 1.807) is 17.5 Å². The standard InChI is InChI=1S/C19H26N2O9S/c1-11(22)20-15-12(21-16(25)13-6-5-9-31-13)10-19(18(27)28,30-17(15)26)29-8-4-2-3-7-14(23)24/h5-6,9,12,15,17,26H,2-4,7-8,10H2,1H3,(H,20,22)(H,21,25)(H,23,24)(H,27,28)/t12-,15+,17+,19+/m0/s1. The number of carbonyl (C=O) groups is 4. The first-order valence-electron chi connectivity index (χ1n) is 9.71. The Bertz CT molecular complexity index is 785. The number of aliphatic carboxylic acids is 2. The molecule has 0 aromatic carbocycles. The van der Waals surface area contributed by atoms with Crippen molar-refractivity contribution in [3.05, 3.63) is 22.4 Å². The van der Waals surface area contributed by atoms with Gasteiger partial charge in [-0.25, -0.2) is 4.79 Å². The quantitative estimate of drug-likeness (QED) is 0.297. The number of thiophene rings is 1. The van der Waals surface area contributed by atoms with Crippen LogP contribution in [0.2, 0.25) is 0 Å². The highest BCUT2D eigenvalue weighted by Crippen LogP contribution is 2.31. The van der Waals surface area contributed by atoms with Gasteiger partial charge in [0.05, 0.1) is 17.5 Å². The van der Waals surface area contributed by atoms with Crippen molar-refractivity contribution in [2.75, 3.05) is 6.61 Å². The maximum absolute atomic E-state index is 12.5. The van der Waals surface area contributed by atoms with E-state index in [0.29, 0.717) is 24.1 Å². The molecule has 0 radical (unpaired) electrons. The van der Waals surface area contributed by atoms with E-state index in [2.05, 4.69) is 10.6 Å². The van der Waals surface area contributed by atoms with Crippen LogP contribution in [0, 0.1) is 0 Å². The molecule has 5 N–H and O–H groups in total. The molecule has 0 spiro atoms. The van der Waals surface area contributed by atoms with Gasteiger partial charge in [0.1, 0.15) is 6.04 Å². The van der Waals surface area contributed by atoms with Crippen molar-refractivity contribution in [3.63, 3.8) is 0 Å². The summed E-state index contributed by atoms with van der Waals surface area (Å²) >= 11 is 1.18. The van der Waals surface area contributed by atoms with Crippen LogP contribution in [0.3, 0.4) is 0 Å². The molecule has 12 heteroatoms. The van der Waals surface area contributed by atoms with E-state index in [1.807, 2.05) is 0 Å². The Hall–Kier alpha value is -2.54. The van der Waals surface area contributed by atoms with Gasteiger partial charge in [0.15, 0.2) is 6.29 Å². The van der Waals surface area contributed by atoms with E-state index in [9.17, 15) is 29.4 Å². The first-order chi connectivity index (χ1) is 14.6. The SMILES string of the molecule is CC(=O)N[C@@H]1[C@@H](NC(=O)c2cccs2)C[C@](OCCCCCC(=O)O)(C(=O)O)O[C@H]1O. The molecular weight excluding hydrogens is 432 g/mol. The van der Waals surface area contributed by atoms with Gasteiger partial charge in [0.25, 0.3) is 11.7 Å². The van der Waals surface area contributed by atoms with E-state index in [-0.39, 0.29) is 19.4 Å². The number of carboxylic acids is 2. The Balaban J connectivity index is 2.11. The van der Waals surface area contributed by atoms with E-state index in [0.717, 1.165) is 0 Å². The minimum atomic E-state index is -2.24. The molecule has 1 aromatic heterocycles. The van der Waals surface area contributed by atoms with Crippen molar-refractivity contribution in [1.29, 1.82) is 0 Å². The summed E-state index contributed by atoms with van der Waals surface area (Å²) in [6.07, 6.45) is -0.840. The lowest BCUT2D eigenvalue weighted by Gasteiger charge is -2.44. The zero-order chi connectivity index (χ0) is 23.0. The molecule has 1 fully saturated rings. The van der Waals surface area contributed by atoms with E-state index in [1.165, 1.54) is 18.3 Å². The van der Waals surface area contributed by atoms with Crippen LogP contribution in [0.4, 0.5) is 0 Å². The number of amides is 2. The molecule has 0 aliphatic carbocycles. The van der Waals surface area contributed by atoms with Crippen molar-refractivity contribution in [2.24, 2.45) is 0 Å². The summed E-state index contributed by atoms with van der Waals surface area (Å²) in [5.74, 6) is -5.64. The van der Waals surface area contributed by atoms with Crippen molar-refractivity contribution in [2.45, 2.75) is 63.2 Å². The highest BCUT2D eigenvalue weighted by atomic mass is 32.1. The minimum Gasteiger partial charge on any atom is -0.481 e. The Morgan fingerprint density at radius 3 is 2.55 bits per heavy atom. The molecule has 1 saturated heterocycles. The second kappa shape index (κ2) is 11.2. The molecule has 2 amide bonds. The minimum absolute atomic E-state index is 0.00545. The Morgan fingerprint density at radius 1 is 1.23 bits per heavy atom. The average Bonchev–Trinajstić information content (AvgIpc) is 3.21. The second-order valence-electron chi connectivity index (χ2n) is 7.11. The number of carboxylic acid groups (broad SMARTS) is 2. The zero-order valence-electron chi connectivity index (χ0n) is 16.9. The largest absolute Gasteiger partial charge is 0.481 e. The molecule has 0 unspecified atom stereocenters. The molecule has 2 rings (SSSR count). The fourth-order valence-corrected chi connectivity index (χ4v) is 3.84. The van der Waals surface area contributed by atoms with Gasteiger partial charge in [-0.2, -0.15) is 0 Å². The lowest BCUT2D eigenvalue weighted by atomic mass is 9.94. The molecule has 1 aromatic rings. The molecule has 0 saturated carbocycles. The molecule has 1 aliphatic rings. The number of nitrogens with one attached hydrogen (secondary N) is 2. The number of rotatable bonds is 11. The van der Waals surface area contributed by atoms with Gasteiger partial charge < -0.3 is 35.4 Å². The van der Waals surface area contributed by atoms with Crippen LogP contribution in [0.1, 0.15) is 48.7 Å². The van der Waals surface area contributed by atoms with Crippen molar-refractivity contribution < 1.29 is 44.0 Å². The maximum atomic E-state index is 12.5. The summed E-state index contributed by atoms with van der Waals surface area (Å²) in [5, 5.41) is 35.7. The monoisotopic (exact) mass is 458 g/mol. The molecular formula is C19H26N2O9S. The molecule has 172 valence electrons. The number of hydrogen-bond donors (Lipinski definition) is 5. The normalized spacial score (nSPS) is 25.5. The highest BCUT2D eigenvalue weighted by Gasteiger charge is 2.53. The summed E-state index contributed by atoms with van der Waals surface area (Å²) in [6.45, 7) is 1.16. The molecule has 4 atom stereocenters. The summed E-state index contributed by atoms with van der Waals surface area (Å²) in [6, 6.07) is 1.18. The average molecular weight is 458 g/mol. The summed E-state index contributed by atoms with van der Waals surface area (Å²) in [7, 11) is 0. The third-order valence-corrected chi connectivity index (χ3v) is 5.54. The summed E-state index contributed by atoms with van der Waals surface area (Å²) in [5.41, 5.74) is 0. The fourth-order valence-electron chi connectivity index (χ4n) is 3.21. The molecule has 1 aliphatic heterocycles. The number of carbonyl (C=O) groups excluding carboxylic acids is 2. The van der Waals surface area contributed by atoms with E-state index >= 15 is 0 Å². The lowest BCUT2D eigenvalue weighted by Crippen LogP contribution is -2.67. The van der Waals surface area contributed by atoms with E-state index in [4.69, 9.17) is 14.6 Å². The van der Waals surface area contributed by atoms with Crippen LogP contribution in [-0.2, 0) is 23.9 Å². The van der Waals surface area contributed by atoms with Crippen LogP contribution < -0.4 is 10.6 Å². The third-order valence-electron chi connectivity index (χ3n) is 4.67. The predicted molar refractivity (Wildman–Crippen MR) is 107 cm³/mol. The first-order valence-corrected chi connectivity index (χ1v) is 10.6. The lowest BCUT2D eigenvalue weighted by molar-refractivity contribution is -0.322. The van der Waals surface area contributed by atoms with Crippen molar-refractivity contribution in [1.82, 2.24) is 10.6 Å². The molecule has 0 bridgehead atoms. The number of aliphatic hydroxyl groups excluding tert-OH is 1. The van der Waals surface area contributed by atoms with Crippen LogP contribution in [0.15, 0.2) is 17.5 Å². The molecule has 11 nitrogen and oxygen atoms in total. The van der Waals surface area contributed by atoms with Crippen LogP contribution in [0.25, 0.3) is 0 Å². The highest BCUT2D eigenvalue weighted by molar-refractivity contribution is 7.12. The number of aliphatic hydroxyl groups is 1. The van der Waals surface area contributed by atoms with Crippen LogP contribution in [-0.4, -0.2) is 69.8 Å². The molecule has 2 heterocycles. The molecule has 31 heavy (non-hydrogen) atoms. The first kappa shape index (κ1) is 24.7. The Labute approximate surface area is 182 Å². The van der Waals surface area contributed by atoms with Crippen LogP contribution in [0.5, 0.6) is 0 Å². The maximum Gasteiger partial charge on any atom is 0.364 e. The van der Waals surface area contributed by atoms with Gasteiger partial charge in [-0.05, 0) is 24.3 Å². The third kappa shape index (κ3) is 6.99. The van der Waals surface area contributed by atoms with E-state index < -0.39 is 47.9 Å². The topological polar surface area (TPSA) is 171 Å². The Morgan fingerprint density at radius 2 is 1.97 bits per heavy atom. The number of hydrogen-bond acceptors (Lipinski definition) is 8. The van der Waals surface area contributed by atoms with Crippen LogP contribution >= 0.6 is 11.3 Å². The van der Waals surface area contributed by atoms with Crippen molar-refractivity contribution in [3.8, 4) is 0 Å². The summed E-state index contributed by atoms with van der Waals surface area (Å²) < 4.78 is 10.7. The zero-order valence-corrected chi connectivity index (χ0v) is 17.7. The van der Waals surface area contributed by atoms with Gasteiger partial charge in [-0.15, -0.1) is 11.3 Å². The van der Waals surface area contributed by atoms with Gasteiger partial charge in [-0.1, -0.05) is 12.5 Å². The smallest absolute Gasteiger partial charge is 0.364 e. The number of unbranched alkanes of at least 4 members (excludes halogenated alkanes) is 2. The predicted octanol–water partition coefficient (Wildman–Crippen LogP) is 0.532. The Kier molecular flexibility index (Phi) is 8.92. The van der Waals surface area contributed by atoms with Gasteiger partial charge in [0.2, 0.25) is 5.91 Å². The number of ether oxygens (including phenoxy) is 2.